The van der Waals surface area contributed by atoms with Gasteiger partial charge in [-0.15, -0.1) is 11.3 Å². The molecule has 1 aliphatic rings. The van der Waals surface area contributed by atoms with E-state index in [4.69, 9.17) is 16.6 Å². The summed E-state index contributed by atoms with van der Waals surface area (Å²) in [5, 5.41) is 5.50. The Bertz CT molecular complexity index is 523. The zero-order valence-corrected chi connectivity index (χ0v) is 10.6. The van der Waals surface area contributed by atoms with Crippen molar-refractivity contribution >= 4 is 33.2 Å². The minimum Gasteiger partial charge on any atom is -0.314 e. The molecule has 1 aromatic carbocycles. The van der Waals surface area contributed by atoms with E-state index in [1.165, 1.54) is 11.4 Å². The third-order valence-electron chi connectivity index (χ3n) is 3.23. The van der Waals surface area contributed by atoms with Crippen molar-refractivity contribution in [3.8, 4) is 0 Å². The SMILES string of the molecule is CC1NCCC1c1nc2cccc(Cl)c2s1. The van der Waals surface area contributed by atoms with Crippen LogP contribution >= 0.6 is 22.9 Å². The summed E-state index contributed by atoms with van der Waals surface area (Å²) in [6.45, 7) is 3.32. The van der Waals surface area contributed by atoms with Crippen LogP contribution in [0.15, 0.2) is 18.2 Å². The quantitative estimate of drug-likeness (QED) is 0.841. The fourth-order valence-corrected chi connectivity index (χ4v) is 3.78. The molecule has 0 amide bonds. The minimum atomic E-state index is 0.527. The first-order valence-electron chi connectivity index (χ1n) is 5.54. The van der Waals surface area contributed by atoms with E-state index in [9.17, 15) is 0 Å². The van der Waals surface area contributed by atoms with Gasteiger partial charge in [-0.05, 0) is 32.0 Å². The van der Waals surface area contributed by atoms with Gasteiger partial charge in [0.25, 0.3) is 0 Å². The molecule has 0 bridgehead atoms. The van der Waals surface area contributed by atoms with Gasteiger partial charge in [0.1, 0.15) is 0 Å². The van der Waals surface area contributed by atoms with E-state index in [1.54, 1.807) is 11.3 Å². The van der Waals surface area contributed by atoms with Crippen molar-refractivity contribution in [2.24, 2.45) is 0 Å². The van der Waals surface area contributed by atoms with Crippen LogP contribution in [0, 0.1) is 0 Å². The van der Waals surface area contributed by atoms with Crippen molar-refractivity contribution in [1.82, 2.24) is 10.3 Å². The van der Waals surface area contributed by atoms with Gasteiger partial charge in [0.15, 0.2) is 0 Å². The Morgan fingerprint density at radius 3 is 3.06 bits per heavy atom. The number of thiazole rings is 1. The van der Waals surface area contributed by atoms with Gasteiger partial charge >= 0.3 is 0 Å². The zero-order valence-electron chi connectivity index (χ0n) is 9.03. The van der Waals surface area contributed by atoms with Crippen molar-refractivity contribution in [3.63, 3.8) is 0 Å². The summed E-state index contributed by atoms with van der Waals surface area (Å²) in [7, 11) is 0. The highest BCUT2D eigenvalue weighted by Crippen LogP contribution is 2.36. The summed E-state index contributed by atoms with van der Waals surface area (Å²) >= 11 is 7.91. The number of aromatic nitrogens is 1. The number of halogens is 1. The van der Waals surface area contributed by atoms with Crippen LogP contribution in [0.4, 0.5) is 0 Å². The smallest absolute Gasteiger partial charge is 0.0986 e. The lowest BCUT2D eigenvalue weighted by molar-refractivity contribution is 0.593. The second kappa shape index (κ2) is 3.99. The fraction of sp³-hybridized carbons (Fsp3) is 0.417. The molecule has 2 unspecified atom stereocenters. The summed E-state index contributed by atoms with van der Waals surface area (Å²) in [4.78, 5) is 4.70. The Hall–Kier alpha value is -0.640. The second-order valence-corrected chi connectivity index (χ2v) is 5.72. The number of hydrogen-bond acceptors (Lipinski definition) is 3. The van der Waals surface area contributed by atoms with E-state index >= 15 is 0 Å². The summed E-state index contributed by atoms with van der Waals surface area (Å²) in [6, 6.07) is 6.46. The number of nitrogens with zero attached hydrogens (tertiary/aromatic N) is 1. The topological polar surface area (TPSA) is 24.9 Å². The molecule has 0 aliphatic carbocycles. The molecular weight excluding hydrogens is 240 g/mol. The molecule has 84 valence electrons. The molecule has 1 saturated heterocycles. The van der Waals surface area contributed by atoms with E-state index in [1.807, 2.05) is 18.2 Å². The van der Waals surface area contributed by atoms with Crippen molar-refractivity contribution in [1.29, 1.82) is 0 Å². The molecule has 3 rings (SSSR count). The molecule has 1 aromatic heterocycles. The first-order chi connectivity index (χ1) is 7.75. The normalized spacial score (nSPS) is 25.4. The highest BCUT2D eigenvalue weighted by molar-refractivity contribution is 7.19. The van der Waals surface area contributed by atoms with Crippen molar-refractivity contribution < 1.29 is 0 Å². The Kier molecular flexibility index (Phi) is 2.62. The predicted molar refractivity (Wildman–Crippen MR) is 69.5 cm³/mol. The van der Waals surface area contributed by atoms with Gasteiger partial charge in [0, 0.05) is 12.0 Å². The van der Waals surface area contributed by atoms with E-state index < -0.39 is 0 Å². The molecule has 1 fully saturated rings. The largest absolute Gasteiger partial charge is 0.314 e. The third-order valence-corrected chi connectivity index (χ3v) is 4.89. The maximum atomic E-state index is 6.17. The van der Waals surface area contributed by atoms with Gasteiger partial charge in [-0.2, -0.15) is 0 Å². The van der Waals surface area contributed by atoms with Crippen molar-refractivity contribution in [2.45, 2.75) is 25.3 Å². The lowest BCUT2D eigenvalue weighted by Gasteiger charge is -2.10. The number of benzene rings is 1. The van der Waals surface area contributed by atoms with Crippen LogP contribution < -0.4 is 5.32 Å². The predicted octanol–water partition coefficient (Wildman–Crippen LogP) is 3.42. The number of fused-ring (bicyclic) bond motifs is 1. The Labute approximate surface area is 104 Å². The second-order valence-electron chi connectivity index (χ2n) is 4.28. The molecule has 2 nitrogen and oxygen atoms in total. The summed E-state index contributed by atoms with van der Waals surface area (Å²) in [5.41, 5.74) is 1.03. The fourth-order valence-electron chi connectivity index (χ4n) is 2.29. The minimum absolute atomic E-state index is 0.527. The molecule has 4 heteroatoms. The molecule has 2 atom stereocenters. The molecule has 0 saturated carbocycles. The number of rotatable bonds is 1. The van der Waals surface area contributed by atoms with E-state index in [2.05, 4.69) is 12.2 Å². The number of hydrogen-bond donors (Lipinski definition) is 1. The maximum absolute atomic E-state index is 6.17. The van der Waals surface area contributed by atoms with Crippen LogP contribution in [0.1, 0.15) is 24.3 Å². The maximum Gasteiger partial charge on any atom is 0.0986 e. The molecule has 0 radical (unpaired) electrons. The van der Waals surface area contributed by atoms with Crippen molar-refractivity contribution in [2.75, 3.05) is 6.54 Å². The lowest BCUT2D eigenvalue weighted by Crippen LogP contribution is -2.21. The van der Waals surface area contributed by atoms with Crippen LogP contribution in [0.5, 0.6) is 0 Å². The van der Waals surface area contributed by atoms with Gasteiger partial charge in [-0.1, -0.05) is 17.7 Å². The highest BCUT2D eigenvalue weighted by atomic mass is 35.5. The van der Waals surface area contributed by atoms with Gasteiger partial charge in [-0.25, -0.2) is 4.98 Å². The van der Waals surface area contributed by atoms with E-state index in [-0.39, 0.29) is 0 Å². The molecule has 1 N–H and O–H groups in total. The first-order valence-corrected chi connectivity index (χ1v) is 6.73. The average Bonchev–Trinajstić information content (AvgIpc) is 2.84. The molecule has 0 spiro atoms. The zero-order chi connectivity index (χ0) is 11.1. The summed E-state index contributed by atoms with van der Waals surface area (Å²) < 4.78 is 1.12. The molecular formula is C12H13ClN2S. The standard InChI is InChI=1S/C12H13ClN2S/c1-7-8(5-6-14-7)12-15-10-4-2-3-9(13)11(10)16-12/h2-4,7-8,14H,5-6H2,1H3. The first kappa shape index (κ1) is 10.5. The van der Waals surface area contributed by atoms with Gasteiger partial charge in [0.2, 0.25) is 0 Å². The molecule has 1 aliphatic heterocycles. The van der Waals surface area contributed by atoms with Crippen LogP contribution in [0.25, 0.3) is 10.2 Å². The highest BCUT2D eigenvalue weighted by Gasteiger charge is 2.27. The Balaban J connectivity index is 2.08. The van der Waals surface area contributed by atoms with E-state index in [0.717, 1.165) is 21.8 Å². The molecule has 2 aromatic rings. The van der Waals surface area contributed by atoms with Crippen LogP contribution in [-0.4, -0.2) is 17.6 Å². The monoisotopic (exact) mass is 252 g/mol. The third kappa shape index (κ3) is 1.63. The van der Waals surface area contributed by atoms with E-state index in [0.29, 0.717) is 12.0 Å². The summed E-state index contributed by atoms with van der Waals surface area (Å²) in [5.74, 6) is 0.550. The molecule has 2 heterocycles. The van der Waals surface area contributed by atoms with Crippen LogP contribution in [0.2, 0.25) is 5.02 Å². The molecule has 16 heavy (non-hydrogen) atoms. The van der Waals surface area contributed by atoms with Crippen LogP contribution in [-0.2, 0) is 0 Å². The van der Waals surface area contributed by atoms with Crippen molar-refractivity contribution in [3.05, 3.63) is 28.2 Å². The average molecular weight is 253 g/mol. The number of nitrogens with one attached hydrogen (secondary N) is 1. The van der Waals surface area contributed by atoms with Gasteiger partial charge < -0.3 is 5.32 Å². The summed E-state index contributed by atoms with van der Waals surface area (Å²) in [6.07, 6.45) is 1.18. The van der Waals surface area contributed by atoms with Gasteiger partial charge in [-0.3, -0.25) is 0 Å². The Morgan fingerprint density at radius 1 is 1.50 bits per heavy atom. The van der Waals surface area contributed by atoms with Gasteiger partial charge in [0.05, 0.1) is 20.2 Å². The van der Waals surface area contributed by atoms with Crippen LogP contribution in [0.3, 0.4) is 0 Å². The Morgan fingerprint density at radius 2 is 2.38 bits per heavy atom. The lowest BCUT2D eigenvalue weighted by atomic mass is 10.0.